The number of hydrogen-bond donors (Lipinski definition) is 2. The second-order valence-corrected chi connectivity index (χ2v) is 6.19. The second kappa shape index (κ2) is 9.27. The first-order chi connectivity index (χ1) is 11.6. The third kappa shape index (κ3) is 5.53. The van der Waals surface area contributed by atoms with Crippen molar-refractivity contribution in [3.8, 4) is 0 Å². The largest absolute Gasteiger partial charge is 0.480 e. The molecule has 1 aliphatic rings. The molecule has 0 radical (unpaired) electrons. The van der Waals surface area contributed by atoms with Crippen LogP contribution < -0.4 is 5.32 Å². The number of rotatable bonds is 7. The number of carboxylic acids is 1. The molecular weight excluding hydrogens is 306 g/mol. The molecule has 1 atom stereocenters. The molecule has 1 aromatic carbocycles. The molecule has 0 aliphatic carbocycles. The molecule has 1 heterocycles. The summed E-state index contributed by atoms with van der Waals surface area (Å²) >= 11 is 0. The Kier molecular flexibility index (Phi) is 7.06. The summed E-state index contributed by atoms with van der Waals surface area (Å²) in [5.74, 6) is -0.966. The normalized spacial score (nSPS) is 16.6. The summed E-state index contributed by atoms with van der Waals surface area (Å²) in [5.41, 5.74) is 1.32. The minimum atomic E-state index is -0.966. The fourth-order valence-corrected chi connectivity index (χ4v) is 2.89. The Bertz CT molecular complexity index is 528. The van der Waals surface area contributed by atoms with E-state index in [1.165, 1.54) is 5.56 Å². The molecule has 1 saturated heterocycles. The predicted molar refractivity (Wildman–Crippen MR) is 93.0 cm³/mol. The Labute approximate surface area is 143 Å². The van der Waals surface area contributed by atoms with Gasteiger partial charge in [0.15, 0.2) is 0 Å². The zero-order valence-electron chi connectivity index (χ0n) is 14.3. The number of hydrogen-bond acceptors (Lipinski definition) is 3. The third-order valence-corrected chi connectivity index (χ3v) is 4.39. The van der Waals surface area contributed by atoms with Crippen molar-refractivity contribution in [2.45, 2.75) is 32.2 Å². The van der Waals surface area contributed by atoms with E-state index in [2.05, 4.69) is 22.3 Å². The molecule has 1 aliphatic heterocycles. The number of piperazine rings is 1. The van der Waals surface area contributed by atoms with E-state index in [-0.39, 0.29) is 6.03 Å². The summed E-state index contributed by atoms with van der Waals surface area (Å²) in [6, 6.07) is 9.31. The van der Waals surface area contributed by atoms with Gasteiger partial charge in [-0.3, -0.25) is 4.90 Å². The van der Waals surface area contributed by atoms with Crippen LogP contribution in [0.15, 0.2) is 30.3 Å². The highest BCUT2D eigenvalue weighted by Crippen LogP contribution is 2.07. The number of nitrogens with one attached hydrogen (secondary N) is 1. The van der Waals surface area contributed by atoms with Gasteiger partial charge >= 0.3 is 12.0 Å². The second-order valence-electron chi connectivity index (χ2n) is 6.19. The number of nitrogens with zero attached hydrogens (tertiary/aromatic N) is 2. The number of carbonyl (C=O) groups is 2. The van der Waals surface area contributed by atoms with Crippen LogP contribution in [0.1, 0.15) is 25.3 Å². The van der Waals surface area contributed by atoms with Gasteiger partial charge in [0.1, 0.15) is 6.04 Å². The lowest BCUT2D eigenvalue weighted by atomic mass is 10.1. The molecule has 2 amide bonds. The number of carbonyl (C=O) groups excluding carboxylic acids is 1. The smallest absolute Gasteiger partial charge is 0.326 e. The van der Waals surface area contributed by atoms with Crippen LogP contribution in [0.25, 0.3) is 0 Å². The average molecular weight is 333 g/mol. The molecule has 0 aromatic heterocycles. The van der Waals surface area contributed by atoms with Crippen LogP contribution in [0.4, 0.5) is 4.79 Å². The molecule has 0 bridgehead atoms. The SMILES string of the molecule is CCCC(NC(=O)N1CCN(CCc2ccccc2)CC1)C(=O)O. The summed E-state index contributed by atoms with van der Waals surface area (Å²) in [6.07, 6.45) is 2.19. The van der Waals surface area contributed by atoms with Gasteiger partial charge in [0.25, 0.3) is 0 Å². The van der Waals surface area contributed by atoms with E-state index in [0.717, 1.165) is 32.5 Å². The lowest BCUT2D eigenvalue weighted by Gasteiger charge is -2.35. The molecule has 0 saturated carbocycles. The quantitative estimate of drug-likeness (QED) is 0.798. The minimum absolute atomic E-state index is 0.265. The van der Waals surface area contributed by atoms with E-state index in [9.17, 15) is 9.59 Å². The number of amides is 2. The van der Waals surface area contributed by atoms with E-state index in [0.29, 0.717) is 19.5 Å². The molecule has 1 aromatic rings. The number of urea groups is 1. The maximum atomic E-state index is 12.2. The Hall–Kier alpha value is -2.08. The number of carboxylic acid groups (broad SMARTS) is 1. The summed E-state index contributed by atoms with van der Waals surface area (Å²) in [5, 5.41) is 11.8. The first kappa shape index (κ1) is 18.3. The molecular formula is C18H27N3O3. The van der Waals surface area contributed by atoms with Crippen molar-refractivity contribution in [1.29, 1.82) is 0 Å². The highest BCUT2D eigenvalue weighted by Gasteiger charge is 2.25. The molecule has 2 N–H and O–H groups in total. The van der Waals surface area contributed by atoms with Crippen LogP contribution in [0.3, 0.4) is 0 Å². The first-order valence-corrected chi connectivity index (χ1v) is 8.64. The van der Waals surface area contributed by atoms with Crippen molar-refractivity contribution in [2.75, 3.05) is 32.7 Å². The molecule has 24 heavy (non-hydrogen) atoms. The van der Waals surface area contributed by atoms with Crippen LogP contribution in [0, 0.1) is 0 Å². The van der Waals surface area contributed by atoms with Gasteiger partial charge in [-0.1, -0.05) is 43.7 Å². The van der Waals surface area contributed by atoms with Gasteiger partial charge in [-0.15, -0.1) is 0 Å². The lowest BCUT2D eigenvalue weighted by molar-refractivity contribution is -0.139. The Morgan fingerprint density at radius 2 is 1.83 bits per heavy atom. The van der Waals surface area contributed by atoms with Crippen molar-refractivity contribution in [3.05, 3.63) is 35.9 Å². The van der Waals surface area contributed by atoms with Gasteiger partial charge in [0, 0.05) is 32.7 Å². The molecule has 1 fully saturated rings. The predicted octanol–water partition coefficient (Wildman–Crippen LogP) is 1.81. The van der Waals surface area contributed by atoms with Gasteiger partial charge in [0.2, 0.25) is 0 Å². The van der Waals surface area contributed by atoms with Crippen molar-refractivity contribution >= 4 is 12.0 Å². The summed E-state index contributed by atoms with van der Waals surface area (Å²) in [4.78, 5) is 27.4. The van der Waals surface area contributed by atoms with Gasteiger partial charge in [0.05, 0.1) is 0 Å². The Morgan fingerprint density at radius 3 is 2.42 bits per heavy atom. The standard InChI is InChI=1S/C18H27N3O3/c1-2-6-16(17(22)23)19-18(24)21-13-11-20(12-14-21)10-9-15-7-4-3-5-8-15/h3-5,7-8,16H,2,6,9-14H2,1H3,(H,19,24)(H,22,23). The topological polar surface area (TPSA) is 72.9 Å². The van der Waals surface area contributed by atoms with E-state index in [1.807, 2.05) is 25.1 Å². The molecule has 1 unspecified atom stereocenters. The minimum Gasteiger partial charge on any atom is -0.480 e. The molecule has 2 rings (SSSR count). The highest BCUT2D eigenvalue weighted by atomic mass is 16.4. The Morgan fingerprint density at radius 1 is 1.17 bits per heavy atom. The van der Waals surface area contributed by atoms with E-state index in [4.69, 9.17) is 5.11 Å². The maximum absolute atomic E-state index is 12.2. The van der Waals surface area contributed by atoms with Gasteiger partial charge in [-0.2, -0.15) is 0 Å². The first-order valence-electron chi connectivity index (χ1n) is 8.64. The van der Waals surface area contributed by atoms with Crippen molar-refractivity contribution in [2.24, 2.45) is 0 Å². The summed E-state index contributed by atoms with van der Waals surface area (Å²) in [6.45, 7) is 5.82. The number of benzene rings is 1. The van der Waals surface area contributed by atoms with E-state index in [1.54, 1.807) is 4.90 Å². The zero-order chi connectivity index (χ0) is 17.4. The van der Waals surface area contributed by atoms with Gasteiger partial charge < -0.3 is 15.3 Å². The maximum Gasteiger partial charge on any atom is 0.326 e. The van der Waals surface area contributed by atoms with Crippen LogP contribution >= 0.6 is 0 Å². The molecule has 0 spiro atoms. The zero-order valence-corrected chi connectivity index (χ0v) is 14.3. The van der Waals surface area contributed by atoms with Gasteiger partial charge in [-0.05, 0) is 18.4 Å². The van der Waals surface area contributed by atoms with Crippen LogP contribution in [0.5, 0.6) is 0 Å². The average Bonchev–Trinajstić information content (AvgIpc) is 2.60. The molecule has 132 valence electrons. The fourth-order valence-electron chi connectivity index (χ4n) is 2.89. The number of aliphatic carboxylic acids is 1. The Balaban J connectivity index is 1.73. The summed E-state index contributed by atoms with van der Waals surface area (Å²) in [7, 11) is 0. The van der Waals surface area contributed by atoms with Crippen LogP contribution in [-0.2, 0) is 11.2 Å². The van der Waals surface area contributed by atoms with Crippen LogP contribution in [-0.4, -0.2) is 65.7 Å². The van der Waals surface area contributed by atoms with Crippen molar-refractivity contribution in [1.82, 2.24) is 15.1 Å². The monoisotopic (exact) mass is 333 g/mol. The summed E-state index contributed by atoms with van der Waals surface area (Å²) < 4.78 is 0. The van der Waals surface area contributed by atoms with E-state index >= 15 is 0 Å². The molecule has 6 heteroatoms. The van der Waals surface area contributed by atoms with Crippen molar-refractivity contribution in [3.63, 3.8) is 0 Å². The highest BCUT2D eigenvalue weighted by molar-refractivity contribution is 5.82. The lowest BCUT2D eigenvalue weighted by Crippen LogP contribution is -2.54. The van der Waals surface area contributed by atoms with Gasteiger partial charge in [-0.25, -0.2) is 9.59 Å². The van der Waals surface area contributed by atoms with Crippen LogP contribution in [0.2, 0.25) is 0 Å². The van der Waals surface area contributed by atoms with E-state index < -0.39 is 12.0 Å². The van der Waals surface area contributed by atoms with Crippen molar-refractivity contribution < 1.29 is 14.7 Å². The third-order valence-electron chi connectivity index (χ3n) is 4.39. The molecule has 6 nitrogen and oxygen atoms in total. The fraction of sp³-hybridized carbons (Fsp3) is 0.556.